The van der Waals surface area contributed by atoms with Gasteiger partial charge in [-0.25, -0.2) is 0 Å². The average molecular weight is 455 g/mol. The van der Waals surface area contributed by atoms with Crippen molar-refractivity contribution in [3.63, 3.8) is 0 Å². The summed E-state index contributed by atoms with van der Waals surface area (Å²) in [6, 6.07) is 10.9. The number of hydrogen-bond donors (Lipinski definition) is 2. The summed E-state index contributed by atoms with van der Waals surface area (Å²) in [5.74, 6) is 0. The van der Waals surface area contributed by atoms with Crippen LogP contribution in [0.25, 0.3) is 0 Å². The van der Waals surface area contributed by atoms with Crippen molar-refractivity contribution < 1.29 is 0 Å². The molecule has 0 heterocycles. The van der Waals surface area contributed by atoms with Gasteiger partial charge in [-0.15, -0.1) is 0 Å². The Morgan fingerprint density at radius 1 is 0.850 bits per heavy atom. The topological polar surface area (TPSA) is 24.1 Å². The van der Waals surface area contributed by atoms with Gasteiger partial charge in [0, 0.05) is 19.0 Å². The second-order valence-corrected chi connectivity index (χ2v) is 6.82. The van der Waals surface area contributed by atoms with Crippen LogP contribution in [0.3, 0.4) is 0 Å². The van der Waals surface area contributed by atoms with Gasteiger partial charge in [0.05, 0.1) is 11.4 Å². The molecular weight excluding hydrogens is 447 g/mol. The lowest BCUT2D eigenvalue weighted by atomic mass is 10.3. The molecule has 104 valence electrons. The van der Waals surface area contributed by atoms with E-state index in [2.05, 4.69) is 42.5 Å². The molecule has 0 radical (unpaired) electrons. The van der Waals surface area contributed by atoms with Crippen LogP contribution in [-0.4, -0.2) is 5.11 Å². The summed E-state index contributed by atoms with van der Waals surface area (Å²) in [5, 5.41) is 7.95. The minimum Gasteiger partial charge on any atom is -0.332 e. The summed E-state index contributed by atoms with van der Waals surface area (Å²) in [6.07, 6.45) is 0. The van der Waals surface area contributed by atoms with Gasteiger partial charge in [0.1, 0.15) is 0 Å². The van der Waals surface area contributed by atoms with Crippen LogP contribution in [0.2, 0.25) is 10.0 Å². The molecule has 2 aromatic rings. The van der Waals surface area contributed by atoms with Crippen molar-refractivity contribution >= 4 is 83.8 Å². The van der Waals surface area contributed by atoms with Gasteiger partial charge in [-0.1, -0.05) is 23.2 Å². The molecule has 0 spiro atoms. The summed E-state index contributed by atoms with van der Waals surface area (Å²) >= 11 is 23.9. The van der Waals surface area contributed by atoms with Crippen LogP contribution >= 0.6 is 67.3 Å². The largest absolute Gasteiger partial charge is 0.332 e. The predicted octanol–water partition coefficient (Wildman–Crippen LogP) is 6.33. The van der Waals surface area contributed by atoms with Gasteiger partial charge < -0.3 is 10.6 Å². The van der Waals surface area contributed by atoms with E-state index in [1.165, 1.54) is 0 Å². The van der Waals surface area contributed by atoms with Crippen LogP contribution in [0, 0.1) is 0 Å². The average Bonchev–Trinajstić information content (AvgIpc) is 2.36. The zero-order valence-electron chi connectivity index (χ0n) is 9.88. The molecule has 2 N–H and O–H groups in total. The molecule has 0 amide bonds. The van der Waals surface area contributed by atoms with Gasteiger partial charge >= 0.3 is 0 Å². The first-order valence-corrected chi connectivity index (χ1v) is 8.19. The molecule has 0 aliphatic heterocycles. The van der Waals surface area contributed by atoms with E-state index in [0.717, 1.165) is 20.3 Å². The minimum absolute atomic E-state index is 0.469. The Balaban J connectivity index is 2.09. The second kappa shape index (κ2) is 7.09. The third kappa shape index (κ3) is 4.33. The third-order valence-electron chi connectivity index (χ3n) is 2.36. The van der Waals surface area contributed by atoms with Crippen LogP contribution in [0.15, 0.2) is 45.3 Å². The molecule has 0 fully saturated rings. The highest BCUT2D eigenvalue weighted by molar-refractivity contribution is 9.11. The van der Waals surface area contributed by atoms with Gasteiger partial charge in [0.2, 0.25) is 0 Å². The fraction of sp³-hybridized carbons (Fsp3) is 0. The first-order chi connectivity index (χ1) is 9.45. The van der Waals surface area contributed by atoms with Crippen molar-refractivity contribution in [1.82, 2.24) is 0 Å². The molecule has 2 nitrogen and oxygen atoms in total. The molecular formula is C13H8Br2Cl2N2S. The van der Waals surface area contributed by atoms with E-state index < -0.39 is 0 Å². The van der Waals surface area contributed by atoms with E-state index in [1.54, 1.807) is 24.3 Å². The summed E-state index contributed by atoms with van der Waals surface area (Å²) in [4.78, 5) is 0. The molecule has 0 saturated carbocycles. The summed E-state index contributed by atoms with van der Waals surface area (Å²) in [5.41, 5.74) is 1.66. The number of halogens is 4. The van der Waals surface area contributed by atoms with Crippen molar-refractivity contribution in [1.29, 1.82) is 0 Å². The van der Waals surface area contributed by atoms with Gasteiger partial charge in [-0.05, 0) is 80.5 Å². The predicted molar refractivity (Wildman–Crippen MR) is 98.1 cm³/mol. The Morgan fingerprint density at radius 2 is 1.25 bits per heavy atom. The van der Waals surface area contributed by atoms with Crippen molar-refractivity contribution in [3.05, 3.63) is 55.4 Å². The molecule has 0 aromatic heterocycles. The van der Waals surface area contributed by atoms with Gasteiger partial charge in [-0.2, -0.15) is 0 Å². The Morgan fingerprint density at radius 3 is 1.60 bits per heavy atom. The van der Waals surface area contributed by atoms with Crippen LogP contribution in [0.1, 0.15) is 0 Å². The monoisotopic (exact) mass is 452 g/mol. The van der Waals surface area contributed by atoms with Gasteiger partial charge in [0.25, 0.3) is 0 Å². The maximum absolute atomic E-state index is 5.89. The van der Waals surface area contributed by atoms with Crippen LogP contribution in [0.4, 0.5) is 11.4 Å². The minimum atomic E-state index is 0.469. The molecule has 0 bridgehead atoms. The smallest absolute Gasteiger partial charge is 0.175 e. The SMILES string of the molecule is S=C(Nc1ccc(Cl)cc1Br)Nc1ccc(Cl)cc1Br. The summed E-state index contributed by atoms with van der Waals surface area (Å²) in [6.45, 7) is 0. The molecule has 0 saturated heterocycles. The molecule has 2 aromatic carbocycles. The lowest BCUT2D eigenvalue weighted by Gasteiger charge is -2.13. The van der Waals surface area contributed by atoms with Crippen molar-refractivity contribution in [2.24, 2.45) is 0 Å². The number of nitrogens with one attached hydrogen (secondary N) is 2. The Kier molecular flexibility index (Phi) is 5.69. The van der Waals surface area contributed by atoms with Crippen LogP contribution in [-0.2, 0) is 0 Å². The van der Waals surface area contributed by atoms with E-state index >= 15 is 0 Å². The maximum Gasteiger partial charge on any atom is 0.175 e. The lowest BCUT2D eigenvalue weighted by molar-refractivity contribution is 1.55. The van der Waals surface area contributed by atoms with E-state index in [4.69, 9.17) is 35.4 Å². The molecule has 0 aliphatic carbocycles. The zero-order valence-corrected chi connectivity index (χ0v) is 15.4. The van der Waals surface area contributed by atoms with Gasteiger partial charge in [-0.3, -0.25) is 0 Å². The van der Waals surface area contributed by atoms with Crippen molar-refractivity contribution in [3.8, 4) is 0 Å². The molecule has 0 unspecified atom stereocenters. The summed E-state index contributed by atoms with van der Waals surface area (Å²) in [7, 11) is 0. The first-order valence-electron chi connectivity index (χ1n) is 5.44. The number of hydrogen-bond acceptors (Lipinski definition) is 1. The van der Waals surface area contributed by atoms with E-state index in [-0.39, 0.29) is 0 Å². The van der Waals surface area contributed by atoms with Gasteiger partial charge in [0.15, 0.2) is 5.11 Å². The summed E-state index contributed by atoms with van der Waals surface area (Å²) < 4.78 is 1.67. The Hall–Kier alpha value is -0.330. The fourth-order valence-electron chi connectivity index (χ4n) is 1.46. The molecule has 0 aliphatic rings. The molecule has 7 heteroatoms. The number of benzene rings is 2. The van der Waals surface area contributed by atoms with E-state index in [0.29, 0.717) is 15.2 Å². The number of thiocarbonyl (C=S) groups is 1. The normalized spacial score (nSPS) is 10.2. The highest BCUT2D eigenvalue weighted by Gasteiger charge is 2.06. The highest BCUT2D eigenvalue weighted by atomic mass is 79.9. The standard InChI is InChI=1S/C13H8Br2Cl2N2S/c14-9-5-7(16)1-3-11(9)18-13(20)19-12-4-2-8(17)6-10(12)15/h1-6H,(H2,18,19,20). The maximum atomic E-state index is 5.89. The quantitative estimate of drug-likeness (QED) is 0.518. The van der Waals surface area contributed by atoms with E-state index in [9.17, 15) is 0 Å². The van der Waals surface area contributed by atoms with Crippen molar-refractivity contribution in [2.75, 3.05) is 10.6 Å². The molecule has 20 heavy (non-hydrogen) atoms. The highest BCUT2D eigenvalue weighted by Crippen LogP contribution is 2.28. The fourth-order valence-corrected chi connectivity index (χ4v) is 3.24. The first kappa shape index (κ1) is 16.0. The van der Waals surface area contributed by atoms with E-state index in [1.807, 2.05) is 12.1 Å². The Labute approximate surface area is 149 Å². The lowest BCUT2D eigenvalue weighted by Crippen LogP contribution is -2.19. The van der Waals surface area contributed by atoms with Crippen molar-refractivity contribution in [2.45, 2.75) is 0 Å². The van der Waals surface area contributed by atoms with Crippen LogP contribution < -0.4 is 10.6 Å². The molecule has 2 rings (SSSR count). The second-order valence-electron chi connectivity index (χ2n) is 3.83. The number of rotatable bonds is 2. The number of anilines is 2. The third-order valence-corrected chi connectivity index (χ3v) is 4.35. The van der Waals surface area contributed by atoms with Crippen LogP contribution in [0.5, 0.6) is 0 Å². The molecule has 0 atom stereocenters. The Bertz CT molecular complexity index is 609. The zero-order chi connectivity index (χ0) is 14.7.